The third-order valence-electron chi connectivity index (χ3n) is 6.26. The van der Waals surface area contributed by atoms with E-state index < -0.39 is 40.6 Å². The number of nitriles is 1. The van der Waals surface area contributed by atoms with Gasteiger partial charge in [0.05, 0.1) is 23.0 Å². The van der Waals surface area contributed by atoms with Gasteiger partial charge < -0.3 is 10.2 Å². The molecule has 7 nitrogen and oxygen atoms in total. The van der Waals surface area contributed by atoms with E-state index in [0.717, 1.165) is 17.2 Å². The molecule has 2 heterocycles. The summed E-state index contributed by atoms with van der Waals surface area (Å²) >= 11 is 5.50. The van der Waals surface area contributed by atoms with Gasteiger partial charge in [-0.2, -0.15) is 18.4 Å². The smallest absolute Gasteiger partial charge is 0.352 e. The summed E-state index contributed by atoms with van der Waals surface area (Å²) in [4.78, 5) is 31.8. The second-order valence-corrected chi connectivity index (χ2v) is 9.48. The Kier molecular flexibility index (Phi) is 6.47. The molecule has 2 amide bonds. The Hall–Kier alpha value is -3.59. The molecule has 4 rings (SSSR count). The van der Waals surface area contributed by atoms with Crippen molar-refractivity contribution in [3.63, 3.8) is 0 Å². The van der Waals surface area contributed by atoms with Gasteiger partial charge in [-0.15, -0.1) is 0 Å². The van der Waals surface area contributed by atoms with Crippen LogP contribution in [0.25, 0.3) is 0 Å². The highest BCUT2D eigenvalue weighted by Gasteiger charge is 2.59. The van der Waals surface area contributed by atoms with Crippen molar-refractivity contribution in [3.8, 4) is 6.07 Å². The molecule has 1 spiro atoms. The summed E-state index contributed by atoms with van der Waals surface area (Å²) in [5.41, 5.74) is -3.52. The molecule has 1 N–H and O–H groups in total. The molecule has 0 radical (unpaired) electrons. The highest BCUT2D eigenvalue weighted by atomic mass is 32.1. The number of nitrogens with one attached hydrogen (secondary N) is 1. The van der Waals surface area contributed by atoms with Crippen LogP contribution in [-0.4, -0.2) is 34.0 Å². The van der Waals surface area contributed by atoms with Gasteiger partial charge in [0.25, 0.3) is 11.8 Å². The molecule has 1 aromatic heterocycles. The lowest BCUT2D eigenvalue weighted by atomic mass is 9.75. The first-order chi connectivity index (χ1) is 16.9. The predicted octanol–water partition coefficient (Wildman–Crippen LogP) is 4.56. The third-order valence-corrected chi connectivity index (χ3v) is 6.63. The maximum Gasteiger partial charge on any atom is 0.419 e. The summed E-state index contributed by atoms with van der Waals surface area (Å²) in [6.45, 7) is 4.16. The largest absolute Gasteiger partial charge is 0.419 e. The second kappa shape index (κ2) is 9.13. The number of benzene rings is 1. The van der Waals surface area contributed by atoms with Crippen molar-refractivity contribution in [2.45, 2.75) is 44.8 Å². The van der Waals surface area contributed by atoms with Gasteiger partial charge >= 0.3 is 6.18 Å². The number of carbonyl (C=O) groups is 2. The van der Waals surface area contributed by atoms with Crippen LogP contribution in [0.1, 0.15) is 54.7 Å². The maximum atomic E-state index is 15.0. The molecule has 2 aromatic rings. The Bertz CT molecular complexity index is 1300. The van der Waals surface area contributed by atoms with E-state index in [4.69, 9.17) is 17.5 Å². The van der Waals surface area contributed by atoms with Crippen molar-refractivity contribution >= 4 is 40.5 Å². The molecule has 0 bridgehead atoms. The zero-order valence-corrected chi connectivity index (χ0v) is 20.1. The molecular formula is C24H21F4N5O2S. The highest BCUT2D eigenvalue weighted by molar-refractivity contribution is 7.81. The number of carbonyl (C=O) groups excluding carboxylic acids is 2. The first-order valence-electron chi connectivity index (χ1n) is 11.1. The number of anilines is 2. The van der Waals surface area contributed by atoms with E-state index in [1.807, 2.05) is 13.8 Å². The van der Waals surface area contributed by atoms with Gasteiger partial charge in [-0.3, -0.25) is 14.5 Å². The molecule has 188 valence electrons. The van der Waals surface area contributed by atoms with Crippen LogP contribution < -0.4 is 15.1 Å². The number of rotatable bonds is 5. The van der Waals surface area contributed by atoms with Crippen LogP contribution in [-0.2, 0) is 11.0 Å². The fraction of sp³-hybridized carbons (Fsp3) is 0.375. The van der Waals surface area contributed by atoms with Crippen molar-refractivity contribution < 1.29 is 27.2 Å². The first-order valence-corrected chi connectivity index (χ1v) is 11.6. The number of hydrogen-bond acceptors (Lipinski definition) is 5. The number of alkyl halides is 3. The van der Waals surface area contributed by atoms with E-state index in [1.54, 1.807) is 0 Å². The van der Waals surface area contributed by atoms with Gasteiger partial charge in [0.2, 0.25) is 0 Å². The van der Waals surface area contributed by atoms with Crippen molar-refractivity contribution in [1.29, 1.82) is 5.26 Å². The van der Waals surface area contributed by atoms with Crippen LogP contribution in [0.4, 0.5) is 28.9 Å². The molecule has 1 aromatic carbocycles. The third kappa shape index (κ3) is 4.17. The summed E-state index contributed by atoms with van der Waals surface area (Å²) in [7, 11) is 0. The number of halogens is 4. The number of pyridine rings is 1. The Morgan fingerprint density at radius 3 is 2.50 bits per heavy atom. The number of hydrogen-bond donors (Lipinski definition) is 1. The van der Waals surface area contributed by atoms with Crippen LogP contribution in [0.2, 0.25) is 0 Å². The molecule has 1 aliphatic carbocycles. The number of amides is 2. The number of nitrogens with zero attached hydrogens (tertiary/aromatic N) is 4. The second-order valence-electron chi connectivity index (χ2n) is 9.11. The maximum absolute atomic E-state index is 15.0. The fourth-order valence-corrected chi connectivity index (χ4v) is 4.78. The monoisotopic (exact) mass is 519 g/mol. The SMILES string of the molecule is CC(C)CNC(=O)c1ccc(N2C(=S)N(c3cnc(C#N)c(C(F)(F)F)c3)C(=O)C23CCC3)cc1F. The first kappa shape index (κ1) is 25.5. The zero-order valence-electron chi connectivity index (χ0n) is 19.3. The molecule has 2 fully saturated rings. The van der Waals surface area contributed by atoms with E-state index in [0.29, 0.717) is 31.9 Å². The van der Waals surface area contributed by atoms with Crippen LogP contribution in [0.3, 0.4) is 0 Å². The Labute approximate surface area is 209 Å². The average Bonchev–Trinajstić information content (AvgIpc) is 3.03. The topological polar surface area (TPSA) is 89.3 Å². The van der Waals surface area contributed by atoms with E-state index in [-0.39, 0.29) is 28.0 Å². The van der Waals surface area contributed by atoms with E-state index >= 15 is 0 Å². The van der Waals surface area contributed by atoms with Gasteiger partial charge in [0.15, 0.2) is 10.8 Å². The minimum Gasteiger partial charge on any atom is -0.352 e. The number of aromatic nitrogens is 1. The van der Waals surface area contributed by atoms with E-state index in [9.17, 15) is 27.2 Å². The van der Waals surface area contributed by atoms with E-state index in [2.05, 4.69) is 10.3 Å². The molecular weight excluding hydrogens is 498 g/mol. The van der Waals surface area contributed by atoms with Crippen molar-refractivity contribution in [2.75, 3.05) is 16.3 Å². The zero-order chi connectivity index (χ0) is 26.4. The quantitative estimate of drug-likeness (QED) is 0.460. The molecule has 2 aliphatic rings. The Balaban J connectivity index is 1.72. The minimum absolute atomic E-state index is 0.143. The normalized spacial score (nSPS) is 16.9. The Morgan fingerprint density at radius 2 is 1.97 bits per heavy atom. The van der Waals surface area contributed by atoms with Crippen LogP contribution in [0.5, 0.6) is 0 Å². The van der Waals surface area contributed by atoms with Crippen LogP contribution in [0, 0.1) is 23.1 Å². The molecule has 0 atom stereocenters. The number of thiocarbonyl (C=S) groups is 1. The minimum atomic E-state index is -4.87. The van der Waals surface area contributed by atoms with Crippen molar-refractivity contribution in [2.24, 2.45) is 5.92 Å². The lowest BCUT2D eigenvalue weighted by Crippen LogP contribution is -2.55. The van der Waals surface area contributed by atoms with Gasteiger partial charge in [-0.1, -0.05) is 13.8 Å². The summed E-state index contributed by atoms with van der Waals surface area (Å²) in [6.07, 6.45) is -2.51. The van der Waals surface area contributed by atoms with Gasteiger partial charge in [0.1, 0.15) is 17.4 Å². The molecule has 1 saturated carbocycles. The van der Waals surface area contributed by atoms with Crippen molar-refractivity contribution in [3.05, 3.63) is 53.1 Å². The fourth-order valence-electron chi connectivity index (χ4n) is 4.31. The van der Waals surface area contributed by atoms with Crippen molar-refractivity contribution in [1.82, 2.24) is 10.3 Å². The predicted molar refractivity (Wildman–Crippen MR) is 127 cm³/mol. The molecule has 1 aliphatic heterocycles. The molecule has 36 heavy (non-hydrogen) atoms. The van der Waals surface area contributed by atoms with Crippen LogP contribution >= 0.6 is 12.2 Å². The molecule has 12 heteroatoms. The lowest BCUT2D eigenvalue weighted by molar-refractivity contribution is -0.138. The summed E-state index contributed by atoms with van der Waals surface area (Å²) in [5, 5.41) is 11.5. The summed E-state index contributed by atoms with van der Waals surface area (Å²) in [5.74, 6) is -1.80. The van der Waals surface area contributed by atoms with Gasteiger partial charge in [-0.25, -0.2) is 9.37 Å². The lowest BCUT2D eigenvalue weighted by Gasteiger charge is -2.43. The average molecular weight is 520 g/mol. The van der Waals surface area contributed by atoms with Gasteiger partial charge in [0, 0.05) is 12.2 Å². The molecule has 1 saturated heterocycles. The summed E-state index contributed by atoms with van der Waals surface area (Å²) < 4.78 is 55.5. The Morgan fingerprint density at radius 1 is 1.28 bits per heavy atom. The van der Waals surface area contributed by atoms with Gasteiger partial charge in [-0.05, 0) is 61.7 Å². The van der Waals surface area contributed by atoms with E-state index in [1.165, 1.54) is 23.1 Å². The summed E-state index contributed by atoms with van der Waals surface area (Å²) in [6, 6.07) is 5.89. The van der Waals surface area contributed by atoms with Crippen LogP contribution in [0.15, 0.2) is 30.5 Å². The molecule has 0 unspecified atom stereocenters. The standard InChI is InChI=1S/C24H21F4N5O2S/c1-13(2)11-31-20(34)16-5-4-14(9-18(16)25)33-22(36)32(21(35)23(33)6-3-7-23)15-8-17(24(26,27)28)19(10-29)30-12-15/h4-5,8-9,12-13H,3,6-7,11H2,1-2H3,(H,31,34). The highest BCUT2D eigenvalue weighted by Crippen LogP contribution is 2.48.